The lowest BCUT2D eigenvalue weighted by Gasteiger charge is -2.23. The van der Waals surface area contributed by atoms with Gasteiger partial charge >= 0.3 is 6.98 Å². The second kappa shape index (κ2) is 4.38. The van der Waals surface area contributed by atoms with E-state index in [1.807, 2.05) is 4.90 Å². The number of nitrogens with zero attached hydrogens (tertiary/aromatic N) is 1. The molecule has 1 fully saturated rings. The van der Waals surface area contributed by atoms with E-state index in [9.17, 15) is 12.9 Å². The minimum Gasteiger partial charge on any atom is -0.445 e. The van der Waals surface area contributed by atoms with Crippen LogP contribution in [0, 0.1) is 5.92 Å². The van der Waals surface area contributed by atoms with Crippen LogP contribution in [-0.4, -0.2) is 31.5 Å². The highest BCUT2D eigenvalue weighted by atomic mass is 19.4. The van der Waals surface area contributed by atoms with Crippen LogP contribution < -0.4 is 0 Å². The van der Waals surface area contributed by atoms with E-state index in [0.29, 0.717) is 5.92 Å². The summed E-state index contributed by atoms with van der Waals surface area (Å²) < 4.78 is 36.7. The van der Waals surface area contributed by atoms with Crippen LogP contribution in [0.5, 0.6) is 0 Å². The molecule has 1 saturated heterocycles. The lowest BCUT2D eigenvalue weighted by molar-refractivity contribution is 0.345. The van der Waals surface area contributed by atoms with Crippen LogP contribution >= 0.6 is 0 Å². The third-order valence-corrected chi connectivity index (χ3v) is 2.84. The van der Waals surface area contributed by atoms with Crippen molar-refractivity contribution < 1.29 is 12.9 Å². The first kappa shape index (κ1) is 11.6. The Morgan fingerprint density at radius 1 is 1.50 bits per heavy atom. The molecule has 0 spiro atoms. The molecule has 0 bridgehead atoms. The number of hydrogen-bond acceptors (Lipinski definition) is 1. The molecule has 14 heavy (non-hydrogen) atoms. The third-order valence-electron chi connectivity index (χ3n) is 2.84. The summed E-state index contributed by atoms with van der Waals surface area (Å²) in [7, 11) is 0. The van der Waals surface area contributed by atoms with E-state index in [2.05, 4.69) is 13.5 Å². The van der Waals surface area contributed by atoms with E-state index >= 15 is 0 Å². The van der Waals surface area contributed by atoms with Gasteiger partial charge in [0.15, 0.2) is 0 Å². The Morgan fingerprint density at radius 3 is 2.57 bits per heavy atom. The van der Waals surface area contributed by atoms with Crippen molar-refractivity contribution in [2.45, 2.75) is 19.8 Å². The third kappa shape index (κ3) is 3.05. The van der Waals surface area contributed by atoms with E-state index in [1.54, 1.807) is 0 Å². The van der Waals surface area contributed by atoms with Crippen LogP contribution in [0.2, 0.25) is 0 Å². The molecular formula is C9H16BF3N-. The van der Waals surface area contributed by atoms with Gasteiger partial charge in [-0.25, -0.2) is 0 Å². The van der Waals surface area contributed by atoms with Gasteiger partial charge in [0.05, 0.1) is 0 Å². The minimum absolute atomic E-state index is 0. The molecule has 0 aromatic carbocycles. The standard InChI is InChI=1S/C9H16BF3N/c1-3-9-4-5-14(7-9)6-8(2)10(11,12)13/h9H,2-7H2,1H3/q-1. The van der Waals surface area contributed by atoms with Gasteiger partial charge in [0, 0.05) is 6.54 Å². The van der Waals surface area contributed by atoms with Crippen LogP contribution in [0.1, 0.15) is 19.8 Å². The largest absolute Gasteiger partial charge is 0.506 e. The van der Waals surface area contributed by atoms with Crippen LogP contribution in [0.3, 0.4) is 0 Å². The molecule has 1 aliphatic heterocycles. The number of halogens is 3. The van der Waals surface area contributed by atoms with Crippen molar-refractivity contribution in [3.8, 4) is 0 Å². The second-order valence-electron chi connectivity index (χ2n) is 4.03. The number of hydrogen-bond donors (Lipinski definition) is 0. The number of likely N-dealkylation sites (tertiary alicyclic amines) is 1. The molecule has 0 radical (unpaired) electrons. The Kier molecular flexibility index (Phi) is 3.64. The quantitative estimate of drug-likeness (QED) is 0.639. The summed E-state index contributed by atoms with van der Waals surface area (Å²) in [4.78, 5) is 1.85. The Morgan fingerprint density at radius 2 is 2.14 bits per heavy atom. The first-order valence-corrected chi connectivity index (χ1v) is 5.03. The molecule has 82 valence electrons. The van der Waals surface area contributed by atoms with E-state index in [1.165, 1.54) is 0 Å². The zero-order valence-electron chi connectivity index (χ0n) is 8.48. The zero-order valence-corrected chi connectivity index (χ0v) is 8.48. The molecule has 1 unspecified atom stereocenters. The highest BCUT2D eigenvalue weighted by Gasteiger charge is 2.29. The molecule has 1 atom stereocenters. The molecule has 0 N–H and O–H groups in total. The van der Waals surface area contributed by atoms with Crippen molar-refractivity contribution in [3.05, 3.63) is 12.1 Å². The summed E-state index contributed by atoms with van der Waals surface area (Å²) in [5.41, 5.74) is -0.568. The monoisotopic (exact) mass is 206 g/mol. The van der Waals surface area contributed by atoms with Gasteiger partial charge in [0.25, 0.3) is 0 Å². The van der Waals surface area contributed by atoms with E-state index < -0.39 is 12.4 Å². The van der Waals surface area contributed by atoms with E-state index in [0.717, 1.165) is 25.9 Å². The van der Waals surface area contributed by atoms with Gasteiger partial charge in [-0.05, 0) is 25.4 Å². The topological polar surface area (TPSA) is 3.24 Å². The maximum Gasteiger partial charge on any atom is 0.506 e. The first-order chi connectivity index (χ1) is 6.43. The molecule has 1 heterocycles. The lowest BCUT2D eigenvalue weighted by Crippen LogP contribution is -2.31. The summed E-state index contributed by atoms with van der Waals surface area (Å²) in [6.07, 6.45) is 2.08. The first-order valence-electron chi connectivity index (χ1n) is 5.03. The van der Waals surface area contributed by atoms with Gasteiger partial charge in [-0.3, -0.25) is 0 Å². The van der Waals surface area contributed by atoms with Crippen molar-refractivity contribution >= 4 is 6.98 Å². The Hall–Kier alpha value is -0.445. The van der Waals surface area contributed by atoms with Gasteiger partial charge in [0.1, 0.15) is 0 Å². The highest BCUT2D eigenvalue weighted by Crippen LogP contribution is 2.23. The average molecular weight is 206 g/mol. The molecule has 0 saturated carbocycles. The predicted octanol–water partition coefficient (Wildman–Crippen LogP) is 2.66. The van der Waals surface area contributed by atoms with Gasteiger partial charge in [-0.2, -0.15) is 0 Å². The lowest BCUT2D eigenvalue weighted by atomic mass is 9.80. The number of rotatable bonds is 4. The van der Waals surface area contributed by atoms with Gasteiger partial charge in [-0.1, -0.05) is 13.3 Å². The molecule has 1 nitrogen and oxygen atoms in total. The summed E-state index contributed by atoms with van der Waals surface area (Å²) in [6.45, 7) is 1.91. The molecule has 0 aromatic rings. The van der Waals surface area contributed by atoms with Gasteiger partial charge < -0.3 is 17.8 Å². The van der Waals surface area contributed by atoms with Gasteiger partial charge in [-0.15, -0.1) is 12.1 Å². The summed E-state index contributed by atoms with van der Waals surface area (Å²) in [5.74, 6) is 0.573. The summed E-state index contributed by atoms with van der Waals surface area (Å²) in [6, 6.07) is 0. The molecule has 0 amide bonds. The maximum absolute atomic E-state index is 12.2. The fourth-order valence-corrected chi connectivity index (χ4v) is 1.78. The maximum atomic E-state index is 12.2. The van der Waals surface area contributed by atoms with Crippen molar-refractivity contribution in [2.75, 3.05) is 19.6 Å². The van der Waals surface area contributed by atoms with Crippen LogP contribution in [0.15, 0.2) is 12.1 Å². The fraction of sp³-hybridized carbons (Fsp3) is 0.778. The SMILES string of the molecule is C=C(CN1CCC(CC)C1)[B-](F)(F)F. The normalized spacial score (nSPS) is 24.1. The smallest absolute Gasteiger partial charge is 0.445 e. The molecule has 0 aliphatic carbocycles. The molecule has 5 heteroatoms. The van der Waals surface area contributed by atoms with Crippen LogP contribution in [-0.2, 0) is 0 Å². The molecule has 0 aromatic heterocycles. The second-order valence-corrected chi connectivity index (χ2v) is 4.03. The fourth-order valence-electron chi connectivity index (χ4n) is 1.78. The Bertz CT molecular complexity index is 215. The van der Waals surface area contributed by atoms with Crippen molar-refractivity contribution in [1.29, 1.82) is 0 Å². The van der Waals surface area contributed by atoms with Crippen molar-refractivity contribution in [1.82, 2.24) is 4.90 Å². The zero-order chi connectivity index (χ0) is 10.8. The molecule has 1 rings (SSSR count). The summed E-state index contributed by atoms with van der Waals surface area (Å²) >= 11 is 0. The molecule has 1 aliphatic rings. The summed E-state index contributed by atoms with van der Waals surface area (Å²) in [5, 5.41) is 0. The predicted molar refractivity (Wildman–Crippen MR) is 53.1 cm³/mol. The Balaban J connectivity index is 2.36. The highest BCUT2D eigenvalue weighted by molar-refractivity contribution is 6.66. The minimum atomic E-state index is -4.85. The van der Waals surface area contributed by atoms with Gasteiger partial charge in [0.2, 0.25) is 0 Å². The van der Waals surface area contributed by atoms with Crippen LogP contribution in [0.25, 0.3) is 0 Å². The van der Waals surface area contributed by atoms with Crippen molar-refractivity contribution in [3.63, 3.8) is 0 Å². The Labute approximate surface area is 83.0 Å². The van der Waals surface area contributed by atoms with E-state index in [-0.39, 0.29) is 6.54 Å². The van der Waals surface area contributed by atoms with Crippen molar-refractivity contribution in [2.24, 2.45) is 5.92 Å². The van der Waals surface area contributed by atoms with E-state index in [4.69, 9.17) is 0 Å². The van der Waals surface area contributed by atoms with Crippen LogP contribution in [0.4, 0.5) is 12.9 Å². The average Bonchev–Trinajstić information content (AvgIpc) is 2.50. The molecular weight excluding hydrogens is 190 g/mol.